The molecule has 0 unspecified atom stereocenters. The van der Waals surface area contributed by atoms with E-state index in [-0.39, 0.29) is 30.6 Å². The monoisotopic (exact) mass is 402 g/mol. The second-order valence-corrected chi connectivity index (χ2v) is 8.14. The lowest BCUT2D eigenvalue weighted by Gasteiger charge is -2.32. The Balaban J connectivity index is 1.56. The molecule has 0 radical (unpaired) electrons. The number of rotatable bonds is 6. The van der Waals surface area contributed by atoms with Crippen molar-refractivity contribution >= 4 is 11.8 Å². The normalized spacial score (nSPS) is 19.3. The van der Waals surface area contributed by atoms with E-state index >= 15 is 0 Å². The average molecular weight is 403 g/mol. The first-order valence-electron chi connectivity index (χ1n) is 11.0. The summed E-state index contributed by atoms with van der Waals surface area (Å²) in [5, 5.41) is 3.23. The van der Waals surface area contributed by atoms with Crippen LogP contribution in [0.5, 0.6) is 5.75 Å². The van der Waals surface area contributed by atoms with Gasteiger partial charge in [0, 0.05) is 39.1 Å². The van der Waals surface area contributed by atoms with Gasteiger partial charge in [-0.2, -0.15) is 0 Å². The molecule has 1 N–H and O–H groups in total. The minimum atomic E-state index is -0.0427. The largest absolute Gasteiger partial charge is 0.489 e. The number of piperidine rings is 1. The van der Waals surface area contributed by atoms with Crippen molar-refractivity contribution in [2.75, 3.05) is 26.8 Å². The Morgan fingerprint density at radius 2 is 1.66 bits per heavy atom. The summed E-state index contributed by atoms with van der Waals surface area (Å²) in [4.78, 5) is 26.7. The summed E-state index contributed by atoms with van der Waals surface area (Å²) < 4.78 is 11.1. The first-order chi connectivity index (χ1) is 14.2. The van der Waals surface area contributed by atoms with Gasteiger partial charge in [0.15, 0.2) is 0 Å². The highest BCUT2D eigenvalue weighted by atomic mass is 16.5. The van der Waals surface area contributed by atoms with Crippen molar-refractivity contribution in [1.29, 1.82) is 0 Å². The van der Waals surface area contributed by atoms with Crippen molar-refractivity contribution < 1.29 is 19.1 Å². The van der Waals surface area contributed by atoms with Gasteiger partial charge in [0.25, 0.3) is 5.91 Å². The molecule has 2 amide bonds. The molecule has 0 aromatic heterocycles. The number of benzene rings is 1. The van der Waals surface area contributed by atoms with Gasteiger partial charge < -0.3 is 19.7 Å². The highest BCUT2D eigenvalue weighted by Gasteiger charge is 2.25. The number of amides is 2. The first kappa shape index (κ1) is 21.6. The Kier molecular flexibility index (Phi) is 8.35. The highest BCUT2D eigenvalue weighted by Crippen LogP contribution is 2.24. The number of methoxy groups -OCH3 is 1. The van der Waals surface area contributed by atoms with Gasteiger partial charge in [-0.3, -0.25) is 9.59 Å². The number of carbonyl (C=O) groups is 2. The molecule has 2 fully saturated rings. The molecule has 0 bridgehead atoms. The zero-order valence-corrected chi connectivity index (χ0v) is 17.5. The van der Waals surface area contributed by atoms with Crippen LogP contribution in [0, 0.1) is 0 Å². The molecule has 1 aromatic carbocycles. The summed E-state index contributed by atoms with van der Waals surface area (Å²) in [6.45, 7) is 1.43. The topological polar surface area (TPSA) is 67.9 Å². The van der Waals surface area contributed by atoms with Crippen molar-refractivity contribution in [2.45, 2.75) is 69.9 Å². The predicted molar refractivity (Wildman–Crippen MR) is 112 cm³/mol. The van der Waals surface area contributed by atoms with Crippen LogP contribution in [0.4, 0.5) is 0 Å². The average Bonchev–Trinajstić information content (AvgIpc) is 2.71. The van der Waals surface area contributed by atoms with Crippen LogP contribution in [0.2, 0.25) is 0 Å². The van der Waals surface area contributed by atoms with E-state index in [0.29, 0.717) is 24.4 Å². The molecule has 1 aliphatic carbocycles. The quantitative estimate of drug-likeness (QED) is 0.790. The molecule has 6 heteroatoms. The van der Waals surface area contributed by atoms with Crippen molar-refractivity contribution in [3.63, 3.8) is 0 Å². The maximum absolute atomic E-state index is 12.9. The van der Waals surface area contributed by atoms with Gasteiger partial charge in [-0.05, 0) is 25.0 Å². The van der Waals surface area contributed by atoms with Crippen LogP contribution in [-0.2, 0) is 9.53 Å². The lowest BCUT2D eigenvalue weighted by molar-refractivity contribution is -0.136. The van der Waals surface area contributed by atoms with E-state index < -0.39 is 0 Å². The van der Waals surface area contributed by atoms with Crippen LogP contribution in [-0.4, -0.2) is 55.7 Å². The minimum Gasteiger partial charge on any atom is -0.489 e. The molecule has 3 rings (SSSR count). The van der Waals surface area contributed by atoms with Gasteiger partial charge in [0.2, 0.25) is 5.91 Å². The lowest BCUT2D eigenvalue weighted by Crippen LogP contribution is -2.43. The fourth-order valence-electron chi connectivity index (χ4n) is 4.24. The SMILES string of the molecule is COCC(=O)N1CCC(Oc2ccccc2C(=O)NC2CCCCCCC2)CC1. The second-order valence-electron chi connectivity index (χ2n) is 8.14. The Labute approximate surface area is 173 Å². The van der Waals surface area contributed by atoms with Crippen LogP contribution >= 0.6 is 0 Å². The van der Waals surface area contributed by atoms with E-state index in [4.69, 9.17) is 9.47 Å². The Morgan fingerprint density at radius 3 is 2.34 bits per heavy atom. The van der Waals surface area contributed by atoms with E-state index in [0.717, 1.165) is 25.7 Å². The molecule has 1 heterocycles. The van der Waals surface area contributed by atoms with Gasteiger partial charge in [0.1, 0.15) is 18.5 Å². The molecule has 6 nitrogen and oxygen atoms in total. The second kappa shape index (κ2) is 11.2. The number of carbonyl (C=O) groups excluding carboxylic acids is 2. The standard InChI is InChI=1S/C23H34N2O4/c1-28-17-22(26)25-15-13-19(14-16-25)29-21-12-8-7-11-20(21)23(27)24-18-9-5-3-2-4-6-10-18/h7-8,11-12,18-19H,2-6,9-10,13-17H2,1H3,(H,24,27). The third-order valence-corrected chi connectivity index (χ3v) is 5.93. The van der Waals surface area contributed by atoms with Crippen LogP contribution in [0.25, 0.3) is 0 Å². The third kappa shape index (κ3) is 6.46. The van der Waals surface area contributed by atoms with Crippen molar-refractivity contribution in [1.82, 2.24) is 10.2 Å². The fraction of sp³-hybridized carbons (Fsp3) is 0.652. The van der Waals surface area contributed by atoms with E-state index in [9.17, 15) is 9.59 Å². The summed E-state index contributed by atoms with van der Waals surface area (Å²) in [6.07, 6.45) is 9.85. The Hall–Kier alpha value is -2.08. The van der Waals surface area contributed by atoms with E-state index in [2.05, 4.69) is 5.32 Å². The molecule has 0 atom stereocenters. The number of hydrogen-bond donors (Lipinski definition) is 1. The minimum absolute atomic E-state index is 0.0111. The number of likely N-dealkylation sites (tertiary alicyclic amines) is 1. The molecular formula is C23H34N2O4. The summed E-state index contributed by atoms with van der Waals surface area (Å²) in [5.41, 5.74) is 0.604. The van der Waals surface area contributed by atoms with Gasteiger partial charge in [0.05, 0.1) is 5.56 Å². The predicted octanol–water partition coefficient (Wildman–Crippen LogP) is 3.55. The van der Waals surface area contributed by atoms with Crippen LogP contribution in [0.15, 0.2) is 24.3 Å². The van der Waals surface area contributed by atoms with Gasteiger partial charge >= 0.3 is 0 Å². The van der Waals surface area contributed by atoms with Crippen LogP contribution in [0.3, 0.4) is 0 Å². The van der Waals surface area contributed by atoms with Gasteiger partial charge in [-0.15, -0.1) is 0 Å². The summed E-state index contributed by atoms with van der Waals surface area (Å²) in [7, 11) is 1.53. The first-order valence-corrected chi connectivity index (χ1v) is 11.0. The van der Waals surface area contributed by atoms with Crippen LogP contribution in [0.1, 0.15) is 68.1 Å². The van der Waals surface area contributed by atoms with Crippen molar-refractivity contribution in [3.05, 3.63) is 29.8 Å². The summed E-state index contributed by atoms with van der Waals surface area (Å²) in [6, 6.07) is 7.75. The number of hydrogen-bond acceptors (Lipinski definition) is 4. The van der Waals surface area contributed by atoms with Crippen molar-refractivity contribution in [3.8, 4) is 5.75 Å². The molecule has 1 saturated heterocycles. The van der Waals surface area contributed by atoms with E-state index in [1.165, 1.54) is 39.2 Å². The molecular weight excluding hydrogens is 368 g/mol. The number of ether oxygens (including phenoxy) is 2. The zero-order valence-electron chi connectivity index (χ0n) is 17.5. The van der Waals surface area contributed by atoms with Crippen molar-refractivity contribution in [2.24, 2.45) is 0 Å². The van der Waals surface area contributed by atoms with Gasteiger partial charge in [-0.1, -0.05) is 44.2 Å². The van der Waals surface area contributed by atoms with Gasteiger partial charge in [-0.25, -0.2) is 0 Å². The highest BCUT2D eigenvalue weighted by molar-refractivity contribution is 5.97. The number of nitrogens with zero attached hydrogens (tertiary/aromatic N) is 1. The van der Waals surface area contributed by atoms with Crippen LogP contribution < -0.4 is 10.1 Å². The summed E-state index contributed by atoms with van der Waals surface area (Å²) >= 11 is 0. The molecule has 1 saturated carbocycles. The summed E-state index contributed by atoms with van der Waals surface area (Å²) in [5.74, 6) is 0.612. The smallest absolute Gasteiger partial charge is 0.255 e. The van der Waals surface area contributed by atoms with E-state index in [1.54, 1.807) is 0 Å². The number of para-hydroxylation sites is 1. The maximum atomic E-state index is 12.9. The molecule has 1 aromatic rings. The Bertz CT molecular complexity index is 663. The lowest BCUT2D eigenvalue weighted by atomic mass is 9.96. The maximum Gasteiger partial charge on any atom is 0.255 e. The number of nitrogens with one attached hydrogen (secondary N) is 1. The van der Waals surface area contributed by atoms with E-state index in [1.807, 2.05) is 29.2 Å². The Morgan fingerprint density at radius 1 is 1.00 bits per heavy atom. The molecule has 0 spiro atoms. The molecule has 2 aliphatic rings. The third-order valence-electron chi connectivity index (χ3n) is 5.93. The molecule has 160 valence electrons. The molecule has 1 aliphatic heterocycles. The fourth-order valence-corrected chi connectivity index (χ4v) is 4.24. The molecule has 29 heavy (non-hydrogen) atoms. The zero-order chi connectivity index (χ0) is 20.5.